The number of hydrogen-bond donors (Lipinski definition) is 0. The van der Waals surface area contributed by atoms with Crippen molar-refractivity contribution < 1.29 is 14.3 Å². The van der Waals surface area contributed by atoms with Crippen LogP contribution in [0.25, 0.3) is 6.08 Å². The Morgan fingerprint density at radius 2 is 1.65 bits per heavy atom. The molecule has 5 rings (SSSR count). The van der Waals surface area contributed by atoms with Crippen molar-refractivity contribution in [3.8, 4) is 11.5 Å². The second kappa shape index (κ2) is 12.9. The Labute approximate surface area is 255 Å². The van der Waals surface area contributed by atoms with Crippen LogP contribution in [-0.4, -0.2) is 23.1 Å². The molecule has 0 atom stereocenters. The third kappa shape index (κ3) is 6.86. The number of thioether (sulfide) groups is 1. The van der Waals surface area contributed by atoms with E-state index in [4.69, 9.17) is 14.5 Å². The van der Waals surface area contributed by atoms with Gasteiger partial charge in [0, 0.05) is 4.47 Å². The van der Waals surface area contributed by atoms with Crippen molar-refractivity contribution in [1.29, 1.82) is 0 Å². The lowest BCUT2D eigenvalue weighted by atomic mass is 10.1. The maximum Gasteiger partial charge on any atom is 0.267 e. The summed E-state index contributed by atoms with van der Waals surface area (Å²) in [4.78, 5) is 20.8. The highest BCUT2D eigenvalue weighted by Crippen LogP contribution is 2.40. The predicted octanol–water partition coefficient (Wildman–Crippen LogP) is 8.91. The number of rotatable bonds is 8. The second-order valence-electron chi connectivity index (χ2n) is 9.17. The fraction of sp³-hybridized carbons (Fsp3) is 0.125. The Balaban J connectivity index is 1.43. The third-order valence-corrected chi connectivity index (χ3v) is 8.30. The van der Waals surface area contributed by atoms with Gasteiger partial charge < -0.3 is 9.47 Å². The van der Waals surface area contributed by atoms with Crippen molar-refractivity contribution in [3.63, 3.8) is 0 Å². The molecule has 0 aromatic heterocycles. The number of methoxy groups -OCH3 is 1. The summed E-state index contributed by atoms with van der Waals surface area (Å²) in [5.74, 6) is 1.08. The maximum absolute atomic E-state index is 13.6. The molecular formula is C32H26Br2N2O3S. The fourth-order valence-electron chi connectivity index (χ4n) is 4.08. The van der Waals surface area contributed by atoms with Crippen LogP contribution in [0.5, 0.6) is 11.5 Å². The lowest BCUT2D eigenvalue weighted by molar-refractivity contribution is -0.122. The first-order valence-corrected chi connectivity index (χ1v) is 15.0. The Kier molecular flexibility index (Phi) is 9.09. The molecule has 0 spiro atoms. The van der Waals surface area contributed by atoms with Gasteiger partial charge in [0.1, 0.15) is 6.61 Å². The highest BCUT2D eigenvalue weighted by Gasteiger charge is 2.33. The second-order valence-corrected chi connectivity index (χ2v) is 11.9. The molecule has 5 nitrogen and oxygen atoms in total. The van der Waals surface area contributed by atoms with Crippen molar-refractivity contribution in [2.24, 2.45) is 4.99 Å². The van der Waals surface area contributed by atoms with Crippen LogP contribution in [0.2, 0.25) is 0 Å². The van der Waals surface area contributed by atoms with Gasteiger partial charge in [0.15, 0.2) is 16.7 Å². The Hall–Kier alpha value is -3.33. The van der Waals surface area contributed by atoms with Crippen LogP contribution in [0.15, 0.2) is 110 Å². The number of carbonyl (C=O) groups is 1. The monoisotopic (exact) mass is 676 g/mol. The third-order valence-electron chi connectivity index (χ3n) is 6.18. The number of amidine groups is 1. The zero-order valence-corrected chi connectivity index (χ0v) is 25.9. The minimum absolute atomic E-state index is 0.0923. The molecule has 40 heavy (non-hydrogen) atoms. The van der Waals surface area contributed by atoms with E-state index in [-0.39, 0.29) is 5.91 Å². The lowest BCUT2D eigenvalue weighted by Gasteiger charge is -2.15. The van der Waals surface area contributed by atoms with Gasteiger partial charge in [0.25, 0.3) is 5.91 Å². The summed E-state index contributed by atoms with van der Waals surface area (Å²) < 4.78 is 13.5. The smallest absolute Gasteiger partial charge is 0.267 e. The zero-order valence-electron chi connectivity index (χ0n) is 21.9. The molecule has 1 fully saturated rings. The Bertz CT molecular complexity index is 1570. The number of aryl methyl sites for hydroxylation is 1. The quantitative estimate of drug-likeness (QED) is 0.175. The Morgan fingerprint density at radius 1 is 0.925 bits per heavy atom. The molecule has 1 aliphatic heterocycles. The van der Waals surface area contributed by atoms with E-state index in [0.717, 1.165) is 36.9 Å². The first-order chi connectivity index (χ1) is 19.4. The molecule has 0 unspecified atom stereocenters. The van der Waals surface area contributed by atoms with Gasteiger partial charge >= 0.3 is 0 Å². The number of carbonyl (C=O) groups excluding carboxylic acids is 1. The molecule has 0 bridgehead atoms. The number of hydrogen-bond acceptors (Lipinski definition) is 5. The van der Waals surface area contributed by atoms with Gasteiger partial charge in [0.2, 0.25) is 0 Å². The molecule has 1 heterocycles. The van der Waals surface area contributed by atoms with Crippen LogP contribution in [0, 0.1) is 6.92 Å². The number of benzene rings is 4. The SMILES string of the molecule is COc1cc(/C=C2/SC(=Nc3ccc(C)cc3)N(Cc3ccccc3)C2=O)cc(Br)c1OCc1ccc(Br)cc1. The zero-order chi connectivity index (χ0) is 28.1. The highest BCUT2D eigenvalue weighted by molar-refractivity contribution is 9.10. The summed E-state index contributed by atoms with van der Waals surface area (Å²) in [6.45, 7) is 2.87. The average molecular weight is 678 g/mol. The van der Waals surface area contributed by atoms with Crippen molar-refractivity contribution in [1.82, 2.24) is 4.90 Å². The highest BCUT2D eigenvalue weighted by atomic mass is 79.9. The van der Waals surface area contributed by atoms with E-state index < -0.39 is 0 Å². The molecule has 8 heteroatoms. The van der Waals surface area contributed by atoms with Gasteiger partial charge in [0.05, 0.1) is 28.7 Å². The lowest BCUT2D eigenvalue weighted by Crippen LogP contribution is -2.28. The number of aliphatic imine (C=N–C) groups is 1. The van der Waals surface area contributed by atoms with E-state index in [1.54, 1.807) is 12.0 Å². The Morgan fingerprint density at radius 3 is 2.35 bits per heavy atom. The van der Waals surface area contributed by atoms with Crippen molar-refractivity contribution >= 4 is 66.5 Å². The maximum atomic E-state index is 13.6. The molecule has 1 saturated heterocycles. The largest absolute Gasteiger partial charge is 0.493 e. The minimum Gasteiger partial charge on any atom is -0.493 e. The van der Waals surface area contributed by atoms with E-state index in [2.05, 4.69) is 31.9 Å². The topological polar surface area (TPSA) is 51.1 Å². The number of halogens is 2. The van der Waals surface area contributed by atoms with Crippen LogP contribution in [0.3, 0.4) is 0 Å². The average Bonchev–Trinajstić information content (AvgIpc) is 3.23. The van der Waals surface area contributed by atoms with Crippen molar-refractivity contribution in [3.05, 3.63) is 127 Å². The van der Waals surface area contributed by atoms with Gasteiger partial charge in [-0.25, -0.2) is 4.99 Å². The van der Waals surface area contributed by atoms with Gasteiger partial charge in [-0.3, -0.25) is 9.69 Å². The van der Waals surface area contributed by atoms with Crippen LogP contribution in [-0.2, 0) is 17.9 Å². The van der Waals surface area contributed by atoms with E-state index in [1.807, 2.05) is 104 Å². The normalized spacial score (nSPS) is 15.2. The van der Waals surface area contributed by atoms with Gasteiger partial charge in [-0.15, -0.1) is 0 Å². The predicted molar refractivity (Wildman–Crippen MR) is 170 cm³/mol. The molecule has 0 aliphatic carbocycles. The van der Waals surface area contributed by atoms with Gasteiger partial charge in [-0.2, -0.15) is 0 Å². The van der Waals surface area contributed by atoms with Crippen LogP contribution in [0.4, 0.5) is 5.69 Å². The first-order valence-electron chi connectivity index (χ1n) is 12.5. The molecule has 4 aromatic carbocycles. The molecular weight excluding hydrogens is 652 g/mol. The molecule has 4 aromatic rings. The summed E-state index contributed by atoms with van der Waals surface area (Å²) in [5.41, 5.74) is 4.84. The van der Waals surface area contributed by atoms with Gasteiger partial charge in [-0.05, 0) is 93.8 Å². The number of amides is 1. The summed E-state index contributed by atoms with van der Waals surface area (Å²) in [7, 11) is 1.61. The van der Waals surface area contributed by atoms with E-state index in [9.17, 15) is 4.79 Å². The fourth-order valence-corrected chi connectivity index (χ4v) is 5.91. The van der Waals surface area contributed by atoms with E-state index in [0.29, 0.717) is 34.7 Å². The number of ether oxygens (including phenoxy) is 2. The van der Waals surface area contributed by atoms with Crippen LogP contribution < -0.4 is 9.47 Å². The molecule has 0 saturated carbocycles. The minimum atomic E-state index is -0.0923. The summed E-state index contributed by atoms with van der Waals surface area (Å²) in [6.07, 6.45) is 1.87. The molecule has 202 valence electrons. The van der Waals surface area contributed by atoms with Crippen LogP contribution in [0.1, 0.15) is 22.3 Å². The molecule has 1 amide bonds. The standard InChI is InChI=1S/C32H26Br2N2O3S/c1-21-8-14-26(15-9-21)35-32-36(19-22-6-4-3-5-7-22)31(37)29(40-32)18-24-16-27(34)30(28(17-24)38-2)39-20-23-10-12-25(33)13-11-23/h3-18H,19-20H2,1-2H3/b29-18+,35-32?. The number of nitrogens with zero attached hydrogens (tertiary/aromatic N) is 2. The molecule has 0 N–H and O–H groups in total. The van der Waals surface area contributed by atoms with Gasteiger partial charge in [-0.1, -0.05) is 76.1 Å². The summed E-state index contributed by atoms with van der Waals surface area (Å²) >= 11 is 8.46. The summed E-state index contributed by atoms with van der Waals surface area (Å²) in [6, 6.07) is 29.7. The van der Waals surface area contributed by atoms with Crippen molar-refractivity contribution in [2.75, 3.05) is 7.11 Å². The van der Waals surface area contributed by atoms with Crippen molar-refractivity contribution in [2.45, 2.75) is 20.1 Å². The van der Waals surface area contributed by atoms with E-state index >= 15 is 0 Å². The molecule has 1 aliphatic rings. The summed E-state index contributed by atoms with van der Waals surface area (Å²) in [5, 5.41) is 0.643. The molecule has 0 radical (unpaired) electrons. The first kappa shape index (κ1) is 28.2. The van der Waals surface area contributed by atoms with Crippen LogP contribution >= 0.6 is 43.6 Å². The van der Waals surface area contributed by atoms with E-state index in [1.165, 1.54) is 11.8 Å².